The molecular formula is C33H44O6Si. The number of ether oxygens (including phenoxy) is 5. The maximum absolute atomic E-state index is 7.33. The number of benzene rings is 3. The monoisotopic (exact) mass is 564 g/mol. The van der Waals surface area contributed by atoms with Crippen molar-refractivity contribution in [1.29, 1.82) is 0 Å². The highest BCUT2D eigenvalue weighted by molar-refractivity contribution is 6.99. The first-order chi connectivity index (χ1) is 19.3. The molecule has 0 radical (unpaired) electrons. The number of rotatable bonds is 11. The predicted octanol–water partition coefficient (Wildman–Crippen LogP) is 5.90. The summed E-state index contributed by atoms with van der Waals surface area (Å²) in [6, 6.07) is 23.6. The van der Waals surface area contributed by atoms with E-state index in [0.29, 0.717) is 23.9 Å². The van der Waals surface area contributed by atoms with Crippen LogP contribution in [-0.4, -0.2) is 50.2 Å². The summed E-state index contributed by atoms with van der Waals surface area (Å²) >= 11 is 0. The van der Waals surface area contributed by atoms with E-state index in [0.717, 1.165) is 30.4 Å². The van der Waals surface area contributed by atoms with Crippen molar-refractivity contribution in [2.45, 2.75) is 51.2 Å². The Labute approximate surface area is 240 Å². The molecule has 0 saturated heterocycles. The molecular weight excluding hydrogens is 520 g/mol. The zero-order valence-electron chi connectivity index (χ0n) is 25.0. The van der Waals surface area contributed by atoms with E-state index >= 15 is 0 Å². The van der Waals surface area contributed by atoms with E-state index in [1.54, 1.807) is 28.4 Å². The third-order valence-electron chi connectivity index (χ3n) is 8.00. The SMILES string of the molecule is COCOC1C[C@H](CO[Si](c2ccccc2)(c2ccccc2)C(C)(C)C)CCc2c1cc(OC)c(OC)c2OC. The van der Waals surface area contributed by atoms with Crippen LogP contribution in [0.15, 0.2) is 66.7 Å². The molecule has 0 aromatic heterocycles. The molecule has 0 spiro atoms. The maximum atomic E-state index is 7.33. The van der Waals surface area contributed by atoms with Crippen molar-refractivity contribution in [3.05, 3.63) is 77.9 Å². The lowest BCUT2D eigenvalue weighted by Crippen LogP contribution is -2.66. The van der Waals surface area contributed by atoms with Crippen molar-refractivity contribution in [3.63, 3.8) is 0 Å². The first-order valence-electron chi connectivity index (χ1n) is 14.0. The lowest BCUT2D eigenvalue weighted by atomic mass is 9.97. The van der Waals surface area contributed by atoms with Gasteiger partial charge in [-0.15, -0.1) is 0 Å². The third-order valence-corrected chi connectivity index (χ3v) is 13.0. The number of hydrogen-bond donors (Lipinski definition) is 0. The molecule has 3 aromatic carbocycles. The van der Waals surface area contributed by atoms with E-state index in [1.807, 2.05) is 6.07 Å². The highest BCUT2D eigenvalue weighted by atomic mass is 28.4. The Morgan fingerprint density at radius 1 is 0.800 bits per heavy atom. The van der Waals surface area contributed by atoms with Gasteiger partial charge in [-0.2, -0.15) is 0 Å². The Kier molecular flexibility index (Phi) is 9.95. The molecule has 0 fully saturated rings. The quantitative estimate of drug-likeness (QED) is 0.164. The molecule has 6 nitrogen and oxygen atoms in total. The fourth-order valence-electron chi connectivity index (χ4n) is 6.14. The Hall–Kier alpha value is -2.84. The fraction of sp³-hybridized carbons (Fsp3) is 0.455. The van der Waals surface area contributed by atoms with Gasteiger partial charge < -0.3 is 28.1 Å². The van der Waals surface area contributed by atoms with Crippen LogP contribution in [0.2, 0.25) is 5.04 Å². The number of fused-ring (bicyclic) bond motifs is 1. The van der Waals surface area contributed by atoms with Gasteiger partial charge in [-0.25, -0.2) is 0 Å². The Bertz CT molecular complexity index is 1190. The van der Waals surface area contributed by atoms with E-state index in [2.05, 4.69) is 81.4 Å². The van der Waals surface area contributed by atoms with Crippen LogP contribution < -0.4 is 24.6 Å². The summed E-state index contributed by atoms with van der Waals surface area (Å²) in [6.07, 6.45) is 2.36. The fourth-order valence-corrected chi connectivity index (χ4v) is 10.8. The Balaban J connectivity index is 1.72. The second kappa shape index (κ2) is 13.2. The molecule has 3 aromatic rings. The molecule has 0 heterocycles. The summed E-state index contributed by atoms with van der Waals surface area (Å²) in [5.41, 5.74) is 2.15. The zero-order chi connectivity index (χ0) is 28.8. The van der Waals surface area contributed by atoms with Gasteiger partial charge in [0.25, 0.3) is 8.32 Å². The van der Waals surface area contributed by atoms with Gasteiger partial charge in [0, 0.05) is 19.3 Å². The number of hydrogen-bond acceptors (Lipinski definition) is 6. The first-order valence-corrected chi connectivity index (χ1v) is 15.9. The summed E-state index contributed by atoms with van der Waals surface area (Å²) in [4.78, 5) is 0. The minimum absolute atomic E-state index is 0.0840. The van der Waals surface area contributed by atoms with E-state index in [9.17, 15) is 0 Å². The minimum atomic E-state index is -2.65. The van der Waals surface area contributed by atoms with Crippen molar-refractivity contribution in [2.75, 3.05) is 41.8 Å². The molecule has 0 saturated carbocycles. The minimum Gasteiger partial charge on any atom is -0.493 e. The van der Waals surface area contributed by atoms with Crippen molar-refractivity contribution >= 4 is 18.7 Å². The van der Waals surface area contributed by atoms with Crippen molar-refractivity contribution in [2.24, 2.45) is 5.92 Å². The van der Waals surface area contributed by atoms with Gasteiger partial charge in [-0.1, -0.05) is 81.4 Å². The van der Waals surface area contributed by atoms with E-state index in [1.165, 1.54) is 10.4 Å². The van der Waals surface area contributed by atoms with Crippen LogP contribution in [0.3, 0.4) is 0 Å². The molecule has 40 heavy (non-hydrogen) atoms. The van der Waals surface area contributed by atoms with Gasteiger partial charge in [0.1, 0.15) is 6.79 Å². The van der Waals surface area contributed by atoms with Gasteiger partial charge in [0.2, 0.25) is 5.75 Å². The summed E-state index contributed by atoms with van der Waals surface area (Å²) in [6.45, 7) is 7.77. The van der Waals surface area contributed by atoms with Crippen LogP contribution in [0.25, 0.3) is 0 Å². The van der Waals surface area contributed by atoms with Gasteiger partial charge >= 0.3 is 0 Å². The third kappa shape index (κ3) is 5.93. The second-order valence-electron chi connectivity index (χ2n) is 11.4. The molecule has 1 unspecified atom stereocenters. The van der Waals surface area contributed by atoms with Crippen LogP contribution in [0.4, 0.5) is 0 Å². The Morgan fingerprint density at radius 2 is 1.40 bits per heavy atom. The number of methoxy groups -OCH3 is 4. The zero-order valence-corrected chi connectivity index (χ0v) is 26.0. The van der Waals surface area contributed by atoms with Gasteiger partial charge in [0.05, 0.1) is 27.4 Å². The normalized spacial score (nSPS) is 17.6. The average Bonchev–Trinajstić information content (AvgIpc) is 3.14. The van der Waals surface area contributed by atoms with Gasteiger partial charge in [-0.3, -0.25) is 0 Å². The summed E-state index contributed by atoms with van der Waals surface area (Å²) in [5.74, 6) is 2.21. The Morgan fingerprint density at radius 3 is 1.90 bits per heavy atom. The first kappa shape index (κ1) is 30.1. The standard InChI is InChI=1S/C33H44O6Si/c1-33(2,3)40(25-14-10-8-11-15-25,26-16-12-9-13-17-26)39-22-24-18-19-27-28(29(20-24)38-23-34-4)21-30(35-5)32(37-7)31(27)36-6/h8-17,21,24,29H,18-20,22-23H2,1-7H3/t24-,29?/m1/s1. The molecule has 7 heteroatoms. The average molecular weight is 565 g/mol. The highest BCUT2D eigenvalue weighted by Gasteiger charge is 2.50. The summed E-state index contributed by atoms with van der Waals surface area (Å²) in [5, 5.41) is 2.49. The van der Waals surface area contributed by atoms with Crippen molar-refractivity contribution in [1.82, 2.24) is 0 Å². The topological polar surface area (TPSA) is 55.4 Å². The van der Waals surface area contributed by atoms with Crippen LogP contribution in [-0.2, 0) is 20.3 Å². The molecule has 0 bridgehead atoms. The van der Waals surface area contributed by atoms with Crippen molar-refractivity contribution < 1.29 is 28.1 Å². The largest absolute Gasteiger partial charge is 0.493 e. The molecule has 1 aliphatic rings. The highest BCUT2D eigenvalue weighted by Crippen LogP contribution is 2.48. The second-order valence-corrected chi connectivity index (χ2v) is 15.7. The van der Waals surface area contributed by atoms with Crippen LogP contribution >= 0.6 is 0 Å². The van der Waals surface area contributed by atoms with Gasteiger partial charge in [-0.05, 0) is 52.2 Å². The lowest BCUT2D eigenvalue weighted by Gasteiger charge is -2.43. The van der Waals surface area contributed by atoms with Gasteiger partial charge in [0.15, 0.2) is 11.5 Å². The van der Waals surface area contributed by atoms with Crippen LogP contribution in [0.1, 0.15) is 50.8 Å². The van der Waals surface area contributed by atoms with E-state index < -0.39 is 8.32 Å². The summed E-state index contributed by atoms with van der Waals surface area (Å²) < 4.78 is 36.2. The van der Waals surface area contributed by atoms with E-state index in [-0.39, 0.29) is 23.9 Å². The molecule has 4 rings (SSSR count). The molecule has 0 amide bonds. The van der Waals surface area contributed by atoms with E-state index in [4.69, 9.17) is 28.1 Å². The lowest BCUT2D eigenvalue weighted by molar-refractivity contribution is -0.0813. The predicted molar refractivity (Wildman–Crippen MR) is 162 cm³/mol. The van der Waals surface area contributed by atoms with Crippen molar-refractivity contribution in [3.8, 4) is 17.2 Å². The molecule has 2 atom stereocenters. The smallest absolute Gasteiger partial charge is 0.261 e. The van der Waals surface area contributed by atoms with Crippen LogP contribution in [0, 0.1) is 5.92 Å². The molecule has 1 aliphatic carbocycles. The van der Waals surface area contributed by atoms with Crippen LogP contribution in [0.5, 0.6) is 17.2 Å². The molecule has 0 N–H and O–H groups in total. The molecule has 216 valence electrons. The summed E-state index contributed by atoms with van der Waals surface area (Å²) in [7, 11) is 3.96. The maximum Gasteiger partial charge on any atom is 0.261 e. The molecule has 0 aliphatic heterocycles.